The highest BCUT2D eigenvalue weighted by atomic mass is 16.6. The van der Waals surface area contributed by atoms with Gasteiger partial charge >= 0.3 is 6.09 Å². The lowest BCUT2D eigenvalue weighted by Gasteiger charge is -2.19. The fourth-order valence-corrected chi connectivity index (χ4v) is 3.53. The third-order valence-electron chi connectivity index (χ3n) is 4.93. The number of hydrogen-bond donors (Lipinski definition) is 0. The molecule has 0 radical (unpaired) electrons. The van der Waals surface area contributed by atoms with E-state index < -0.39 is 11.7 Å². The molecule has 0 saturated heterocycles. The van der Waals surface area contributed by atoms with E-state index in [4.69, 9.17) is 4.74 Å². The minimum absolute atomic E-state index is 0.515. The Balaban J connectivity index is 2.04. The van der Waals surface area contributed by atoms with Gasteiger partial charge in [-0.25, -0.2) is 4.79 Å². The largest absolute Gasteiger partial charge is 0.442 e. The number of rotatable bonds is 3. The molecule has 3 aromatic heterocycles. The maximum atomic E-state index is 12.9. The predicted octanol–water partition coefficient (Wildman–Crippen LogP) is 4.40. The number of benzene rings is 1. The number of fused-ring (bicyclic) bond motifs is 1. The van der Waals surface area contributed by atoms with Gasteiger partial charge in [-0.1, -0.05) is 18.2 Å². The summed E-state index contributed by atoms with van der Waals surface area (Å²) in [6, 6.07) is 5.52. The number of aromatic nitrogens is 5. The number of carbonyl (C=O) groups is 2. The molecule has 0 N–H and O–H groups in total. The summed E-state index contributed by atoms with van der Waals surface area (Å²) in [5, 5.41) is 9.58. The van der Waals surface area contributed by atoms with Crippen LogP contribution in [-0.4, -0.2) is 42.5 Å². The topological polar surface area (TPSA) is 91.9 Å². The lowest BCUT2D eigenvalue weighted by atomic mass is 9.94. The monoisotopic (exact) mass is 417 g/mol. The molecule has 0 spiro atoms. The number of hydrogen-bond acceptors (Lipinski definition) is 6. The number of aryl methyl sites for hydroxylation is 1. The molecular weight excluding hydrogens is 394 g/mol. The van der Waals surface area contributed by atoms with Crippen LogP contribution in [0.15, 0.2) is 43.0 Å². The van der Waals surface area contributed by atoms with Gasteiger partial charge in [0.2, 0.25) is 0 Å². The summed E-state index contributed by atoms with van der Waals surface area (Å²) < 4.78 is 8.47. The molecule has 158 valence electrons. The van der Waals surface area contributed by atoms with E-state index in [1.54, 1.807) is 50.1 Å². The standard InChI is InChI=1S/C23H23N5O3/c1-14-15(13-29)7-6-8-17(14)18-10-24-11-19-20(18)21(16-9-25-27(5)12-16)26-28(19)22(30)31-23(2,3)4/h6-13H,1-5H3. The van der Waals surface area contributed by atoms with Crippen molar-refractivity contribution in [3.63, 3.8) is 0 Å². The van der Waals surface area contributed by atoms with Crippen molar-refractivity contribution in [3.8, 4) is 22.4 Å². The van der Waals surface area contributed by atoms with Crippen molar-refractivity contribution in [2.24, 2.45) is 7.05 Å². The first-order valence-corrected chi connectivity index (χ1v) is 9.84. The summed E-state index contributed by atoms with van der Waals surface area (Å²) in [5.74, 6) is 0. The summed E-state index contributed by atoms with van der Waals surface area (Å²) in [4.78, 5) is 28.8. The molecule has 0 unspecified atom stereocenters. The van der Waals surface area contributed by atoms with Gasteiger partial charge in [0.25, 0.3) is 0 Å². The molecule has 0 aliphatic heterocycles. The zero-order valence-corrected chi connectivity index (χ0v) is 18.1. The number of ether oxygens (including phenoxy) is 1. The molecule has 0 saturated carbocycles. The number of aldehydes is 1. The van der Waals surface area contributed by atoms with E-state index in [1.165, 1.54) is 4.68 Å². The highest BCUT2D eigenvalue weighted by Gasteiger charge is 2.25. The fraction of sp³-hybridized carbons (Fsp3) is 0.261. The first-order chi connectivity index (χ1) is 14.7. The van der Waals surface area contributed by atoms with Gasteiger partial charge in [-0.3, -0.25) is 14.5 Å². The second-order valence-electron chi connectivity index (χ2n) is 8.36. The number of carbonyl (C=O) groups excluding carboxylic acids is 2. The van der Waals surface area contributed by atoms with Crippen LogP contribution in [0.1, 0.15) is 36.7 Å². The van der Waals surface area contributed by atoms with E-state index in [1.807, 2.05) is 32.3 Å². The lowest BCUT2D eigenvalue weighted by Crippen LogP contribution is -2.27. The van der Waals surface area contributed by atoms with Crippen LogP contribution < -0.4 is 0 Å². The van der Waals surface area contributed by atoms with Crippen molar-refractivity contribution in [2.45, 2.75) is 33.3 Å². The molecule has 4 rings (SSSR count). The quantitative estimate of drug-likeness (QED) is 0.459. The van der Waals surface area contributed by atoms with Crippen LogP contribution in [0.5, 0.6) is 0 Å². The average molecular weight is 417 g/mol. The Morgan fingerprint density at radius 3 is 2.55 bits per heavy atom. The first kappa shape index (κ1) is 20.5. The van der Waals surface area contributed by atoms with Crippen molar-refractivity contribution in [1.29, 1.82) is 0 Å². The Morgan fingerprint density at radius 2 is 1.90 bits per heavy atom. The van der Waals surface area contributed by atoms with Crippen LogP contribution in [0, 0.1) is 6.92 Å². The van der Waals surface area contributed by atoms with Crippen LogP contribution in [-0.2, 0) is 11.8 Å². The Bertz CT molecular complexity index is 1310. The van der Waals surface area contributed by atoms with E-state index in [2.05, 4.69) is 15.2 Å². The summed E-state index contributed by atoms with van der Waals surface area (Å²) in [6.07, 6.45) is 7.08. The van der Waals surface area contributed by atoms with E-state index in [0.29, 0.717) is 16.8 Å². The Kier molecular flexibility index (Phi) is 4.93. The van der Waals surface area contributed by atoms with Gasteiger partial charge in [0.1, 0.15) is 23.1 Å². The number of pyridine rings is 1. The molecule has 0 aliphatic carbocycles. The van der Waals surface area contributed by atoms with E-state index in [9.17, 15) is 9.59 Å². The van der Waals surface area contributed by atoms with Crippen molar-refractivity contribution in [1.82, 2.24) is 24.5 Å². The lowest BCUT2D eigenvalue weighted by molar-refractivity contribution is 0.0523. The maximum Gasteiger partial charge on any atom is 0.435 e. The summed E-state index contributed by atoms with van der Waals surface area (Å²) in [7, 11) is 1.82. The average Bonchev–Trinajstić information content (AvgIpc) is 3.30. The van der Waals surface area contributed by atoms with Crippen molar-refractivity contribution < 1.29 is 14.3 Å². The van der Waals surface area contributed by atoms with Gasteiger partial charge in [0.15, 0.2) is 0 Å². The van der Waals surface area contributed by atoms with Gasteiger partial charge in [0, 0.05) is 41.5 Å². The molecule has 0 amide bonds. The third kappa shape index (κ3) is 3.72. The van der Waals surface area contributed by atoms with E-state index in [0.717, 1.165) is 33.9 Å². The van der Waals surface area contributed by atoms with Crippen LogP contribution >= 0.6 is 0 Å². The molecular formula is C23H23N5O3. The van der Waals surface area contributed by atoms with E-state index >= 15 is 0 Å². The van der Waals surface area contributed by atoms with Crippen LogP contribution in [0.2, 0.25) is 0 Å². The first-order valence-electron chi connectivity index (χ1n) is 9.84. The van der Waals surface area contributed by atoms with E-state index in [-0.39, 0.29) is 0 Å². The van der Waals surface area contributed by atoms with Gasteiger partial charge in [-0.15, -0.1) is 0 Å². The summed E-state index contributed by atoms with van der Waals surface area (Å²) in [6.45, 7) is 7.30. The second-order valence-corrected chi connectivity index (χ2v) is 8.36. The number of nitrogens with zero attached hydrogens (tertiary/aromatic N) is 5. The Labute approximate surface area is 179 Å². The second kappa shape index (κ2) is 7.46. The minimum Gasteiger partial charge on any atom is -0.442 e. The van der Waals surface area contributed by atoms with Crippen molar-refractivity contribution >= 4 is 23.3 Å². The highest BCUT2D eigenvalue weighted by Crippen LogP contribution is 2.37. The summed E-state index contributed by atoms with van der Waals surface area (Å²) in [5.41, 5.74) is 4.22. The fourth-order valence-electron chi connectivity index (χ4n) is 3.53. The van der Waals surface area contributed by atoms with Gasteiger partial charge in [-0.05, 0) is 38.8 Å². The Morgan fingerprint density at radius 1 is 1.13 bits per heavy atom. The molecule has 0 fully saturated rings. The van der Waals surface area contributed by atoms with Crippen LogP contribution in [0.4, 0.5) is 4.79 Å². The molecule has 3 heterocycles. The van der Waals surface area contributed by atoms with Gasteiger partial charge in [0.05, 0.1) is 12.4 Å². The zero-order valence-electron chi connectivity index (χ0n) is 18.1. The molecule has 0 atom stereocenters. The van der Waals surface area contributed by atoms with Crippen LogP contribution in [0.25, 0.3) is 33.3 Å². The Hall–Kier alpha value is -3.81. The van der Waals surface area contributed by atoms with Crippen molar-refractivity contribution in [2.75, 3.05) is 0 Å². The third-order valence-corrected chi connectivity index (χ3v) is 4.93. The molecule has 0 bridgehead atoms. The van der Waals surface area contributed by atoms with Gasteiger partial charge < -0.3 is 4.74 Å². The molecule has 8 nitrogen and oxygen atoms in total. The minimum atomic E-state index is -0.677. The molecule has 0 aliphatic rings. The smallest absolute Gasteiger partial charge is 0.435 e. The molecule has 8 heteroatoms. The molecule has 4 aromatic rings. The normalized spacial score (nSPS) is 11.6. The highest BCUT2D eigenvalue weighted by molar-refractivity contribution is 6.06. The molecule has 1 aromatic carbocycles. The zero-order chi connectivity index (χ0) is 22.3. The van der Waals surface area contributed by atoms with Gasteiger partial charge in [-0.2, -0.15) is 14.9 Å². The SMILES string of the molecule is Cc1c(C=O)cccc1-c1cncc2c1c(-c1cnn(C)c1)nn2C(=O)OC(C)(C)C. The molecule has 31 heavy (non-hydrogen) atoms. The van der Waals surface area contributed by atoms with Crippen molar-refractivity contribution in [3.05, 3.63) is 54.1 Å². The summed E-state index contributed by atoms with van der Waals surface area (Å²) >= 11 is 0. The van der Waals surface area contributed by atoms with Crippen LogP contribution in [0.3, 0.4) is 0 Å². The maximum absolute atomic E-state index is 12.9. The predicted molar refractivity (Wildman–Crippen MR) is 117 cm³/mol.